The van der Waals surface area contributed by atoms with Crippen LogP contribution in [0.4, 0.5) is 0 Å². The molecule has 0 amide bonds. The molecule has 0 radical (unpaired) electrons. The van der Waals surface area contributed by atoms with E-state index in [-0.39, 0.29) is 0 Å². The summed E-state index contributed by atoms with van der Waals surface area (Å²) in [6.45, 7) is 8.81. The molecule has 0 fully saturated rings. The number of hydrogen-bond acceptors (Lipinski definition) is 2. The van der Waals surface area contributed by atoms with Crippen molar-refractivity contribution in [3.63, 3.8) is 0 Å². The molecule has 0 aliphatic heterocycles. The summed E-state index contributed by atoms with van der Waals surface area (Å²) >= 11 is -2.75. The zero-order valence-corrected chi connectivity index (χ0v) is 11.6. The van der Waals surface area contributed by atoms with Crippen molar-refractivity contribution in [3.05, 3.63) is 0 Å². The van der Waals surface area contributed by atoms with Gasteiger partial charge in [0.05, 0.1) is 0 Å². The second kappa shape index (κ2) is 4.54. The summed E-state index contributed by atoms with van der Waals surface area (Å²) in [7, 11) is 3.59. The third-order valence-electron chi connectivity index (χ3n) is 3.18. The van der Waals surface area contributed by atoms with Crippen molar-refractivity contribution in [2.24, 2.45) is 0 Å². The van der Waals surface area contributed by atoms with Crippen molar-refractivity contribution in [3.8, 4) is 0 Å². The van der Waals surface area contributed by atoms with Crippen molar-refractivity contribution >= 4 is 0 Å². The standard InChI is InChI=1S/2C3H7.2CH3O.Zn/c2*1-3-2;2*1-2;/h2*3H,1-2H3;2*1H3;/q;;2*-1;+2. The van der Waals surface area contributed by atoms with E-state index in [1.165, 1.54) is 0 Å². The van der Waals surface area contributed by atoms with E-state index >= 15 is 0 Å². The summed E-state index contributed by atoms with van der Waals surface area (Å²) in [5.41, 5.74) is 0. The Kier molecular flexibility index (Phi) is 4.76. The van der Waals surface area contributed by atoms with E-state index in [2.05, 4.69) is 27.7 Å². The molecule has 0 saturated heterocycles. The first-order valence-corrected chi connectivity index (χ1v) is 10.4. The van der Waals surface area contributed by atoms with Crippen LogP contribution >= 0.6 is 0 Å². The molecule has 0 aromatic carbocycles. The average molecular weight is 214 g/mol. The van der Waals surface area contributed by atoms with Gasteiger partial charge in [-0.25, -0.2) is 0 Å². The maximum atomic E-state index is 5.61. The van der Waals surface area contributed by atoms with Crippen LogP contribution in [0.25, 0.3) is 0 Å². The minimum absolute atomic E-state index is 0.591. The van der Waals surface area contributed by atoms with Crippen LogP contribution in [0, 0.1) is 0 Å². The first-order valence-electron chi connectivity index (χ1n) is 4.52. The molecule has 0 saturated carbocycles. The van der Waals surface area contributed by atoms with Gasteiger partial charge in [-0.05, 0) is 0 Å². The van der Waals surface area contributed by atoms with Gasteiger partial charge >= 0.3 is 73.6 Å². The molecular weight excluding hydrogens is 193 g/mol. The van der Waals surface area contributed by atoms with Crippen molar-refractivity contribution < 1.29 is 22.6 Å². The third kappa shape index (κ3) is 2.24. The third-order valence-corrected chi connectivity index (χ3v) is 16.5. The SMILES string of the molecule is C[O][Zn]([O]C)([CH](C)C)[CH](C)C. The molecule has 0 heterocycles. The van der Waals surface area contributed by atoms with Crippen LogP contribution in [0.15, 0.2) is 0 Å². The summed E-state index contributed by atoms with van der Waals surface area (Å²) in [6.07, 6.45) is 0. The Morgan fingerprint density at radius 3 is 1.09 bits per heavy atom. The molecule has 0 bridgehead atoms. The fraction of sp³-hybridized carbons (Fsp3) is 1.00. The Bertz CT molecular complexity index is 98.7. The Labute approximate surface area is 73.9 Å². The molecule has 0 atom stereocenters. The van der Waals surface area contributed by atoms with E-state index in [0.717, 1.165) is 0 Å². The van der Waals surface area contributed by atoms with Crippen molar-refractivity contribution in [2.45, 2.75) is 36.7 Å². The van der Waals surface area contributed by atoms with Gasteiger partial charge in [-0.2, -0.15) is 0 Å². The second-order valence-electron chi connectivity index (χ2n) is 4.39. The van der Waals surface area contributed by atoms with Gasteiger partial charge in [0.25, 0.3) is 0 Å². The van der Waals surface area contributed by atoms with Gasteiger partial charge in [0.15, 0.2) is 0 Å². The van der Waals surface area contributed by atoms with Gasteiger partial charge < -0.3 is 0 Å². The van der Waals surface area contributed by atoms with E-state index < -0.39 is 15.5 Å². The first kappa shape index (κ1) is 11.5. The summed E-state index contributed by atoms with van der Waals surface area (Å²) in [6, 6.07) is 0. The van der Waals surface area contributed by atoms with Crippen LogP contribution in [0.1, 0.15) is 27.7 Å². The van der Waals surface area contributed by atoms with Crippen LogP contribution in [0.2, 0.25) is 9.02 Å². The molecule has 3 heteroatoms. The first-order chi connectivity index (χ1) is 5.01. The predicted octanol–water partition coefficient (Wildman–Crippen LogP) is 2.92. The molecule has 0 spiro atoms. The Hall–Kier alpha value is 0.543. The Morgan fingerprint density at radius 1 is 0.818 bits per heavy atom. The van der Waals surface area contributed by atoms with Crippen LogP contribution in [0.5, 0.6) is 0 Å². The van der Waals surface area contributed by atoms with Crippen molar-refractivity contribution in [1.29, 1.82) is 0 Å². The molecule has 11 heavy (non-hydrogen) atoms. The van der Waals surface area contributed by atoms with Gasteiger partial charge in [0, 0.05) is 0 Å². The fourth-order valence-corrected chi connectivity index (χ4v) is 12.4. The zero-order valence-electron chi connectivity index (χ0n) is 8.68. The van der Waals surface area contributed by atoms with Gasteiger partial charge in [-0.1, -0.05) is 0 Å². The number of hydrogen-bond donors (Lipinski definition) is 0. The second-order valence-corrected chi connectivity index (χ2v) is 17.9. The molecule has 66 valence electrons. The number of rotatable bonds is 4. The molecule has 2 nitrogen and oxygen atoms in total. The molecule has 0 unspecified atom stereocenters. The normalized spacial score (nSPS) is 11.6. The van der Waals surface area contributed by atoms with Gasteiger partial charge in [-0.3, -0.25) is 0 Å². The van der Waals surface area contributed by atoms with Gasteiger partial charge in [0.1, 0.15) is 0 Å². The topological polar surface area (TPSA) is 18.5 Å². The average Bonchev–Trinajstić information content (AvgIpc) is 1.90. The zero-order chi connectivity index (χ0) is 9.07. The van der Waals surface area contributed by atoms with E-state index in [4.69, 9.17) is 7.13 Å². The molecule has 0 aliphatic carbocycles. The molecule has 0 rings (SSSR count). The van der Waals surface area contributed by atoms with E-state index in [1.54, 1.807) is 14.2 Å². The van der Waals surface area contributed by atoms with E-state index in [0.29, 0.717) is 9.02 Å². The Morgan fingerprint density at radius 2 is 1.09 bits per heavy atom. The summed E-state index contributed by atoms with van der Waals surface area (Å²) < 4.78 is 12.4. The van der Waals surface area contributed by atoms with Gasteiger partial charge in [-0.15, -0.1) is 0 Å². The predicted molar refractivity (Wildman–Crippen MR) is 44.2 cm³/mol. The van der Waals surface area contributed by atoms with E-state index in [9.17, 15) is 0 Å². The summed E-state index contributed by atoms with van der Waals surface area (Å²) in [5, 5.41) is 0. The van der Waals surface area contributed by atoms with Crippen molar-refractivity contribution in [1.82, 2.24) is 0 Å². The van der Waals surface area contributed by atoms with Crippen LogP contribution in [0.3, 0.4) is 0 Å². The maximum absolute atomic E-state index is 5.61. The minimum atomic E-state index is -2.75. The molecule has 0 N–H and O–H groups in total. The molecule has 0 aromatic heterocycles. The monoisotopic (exact) mass is 212 g/mol. The van der Waals surface area contributed by atoms with Gasteiger partial charge in [0.2, 0.25) is 0 Å². The molecule has 0 aliphatic rings. The molecule has 0 aromatic rings. The van der Waals surface area contributed by atoms with Crippen LogP contribution in [-0.4, -0.2) is 14.2 Å². The fourth-order valence-electron chi connectivity index (χ4n) is 2.39. The Balaban J connectivity index is 4.46. The van der Waals surface area contributed by atoms with Crippen molar-refractivity contribution in [2.75, 3.05) is 14.2 Å². The quantitative estimate of drug-likeness (QED) is 0.669. The summed E-state index contributed by atoms with van der Waals surface area (Å²) in [4.78, 5) is 0. The van der Waals surface area contributed by atoms with Crippen LogP contribution in [-0.2, 0) is 22.6 Å². The summed E-state index contributed by atoms with van der Waals surface area (Å²) in [5.74, 6) is 0. The van der Waals surface area contributed by atoms with Crippen LogP contribution < -0.4 is 0 Å². The van der Waals surface area contributed by atoms with E-state index in [1.807, 2.05) is 0 Å². The molecular formula is C8H20O2Zn.